The van der Waals surface area contributed by atoms with E-state index in [4.69, 9.17) is 4.74 Å². The molecule has 2 aromatic rings. The van der Waals surface area contributed by atoms with Crippen LogP contribution in [0.5, 0.6) is 0 Å². The topological polar surface area (TPSA) is 38.3 Å². The molecule has 0 bridgehead atoms. The van der Waals surface area contributed by atoms with Gasteiger partial charge in [0.1, 0.15) is 0 Å². The highest BCUT2D eigenvalue weighted by Crippen LogP contribution is 2.30. The molecule has 1 amide bonds. The molecule has 1 unspecified atom stereocenters. The average Bonchev–Trinajstić information content (AvgIpc) is 2.51. The van der Waals surface area contributed by atoms with Crippen LogP contribution >= 0.6 is 15.9 Å². The van der Waals surface area contributed by atoms with Crippen LogP contribution in [0.3, 0.4) is 0 Å². The maximum absolute atomic E-state index is 12.2. The van der Waals surface area contributed by atoms with Gasteiger partial charge in [-0.25, -0.2) is 0 Å². The normalized spacial score (nSPS) is 18.6. The van der Waals surface area contributed by atoms with Gasteiger partial charge in [-0.15, -0.1) is 0 Å². The van der Waals surface area contributed by atoms with E-state index in [1.54, 1.807) is 0 Å². The molecule has 1 aliphatic heterocycles. The molecule has 0 aromatic heterocycles. The SMILES string of the molecule is O=C(CC1CCCCO1)Nc1ccc(Br)c2ccccc12. The molecule has 0 saturated carbocycles. The van der Waals surface area contributed by atoms with Crippen LogP contribution in [0.25, 0.3) is 10.8 Å². The second kappa shape index (κ2) is 6.58. The van der Waals surface area contributed by atoms with Crippen LogP contribution < -0.4 is 5.32 Å². The molecule has 1 heterocycles. The number of halogens is 1. The third-order valence-corrected chi connectivity index (χ3v) is 4.52. The van der Waals surface area contributed by atoms with E-state index in [0.29, 0.717) is 6.42 Å². The predicted molar refractivity (Wildman–Crippen MR) is 88.5 cm³/mol. The van der Waals surface area contributed by atoms with Crippen LogP contribution in [0.15, 0.2) is 40.9 Å². The third kappa shape index (κ3) is 3.44. The molecule has 1 fully saturated rings. The fourth-order valence-electron chi connectivity index (χ4n) is 2.75. The second-order valence-electron chi connectivity index (χ2n) is 5.38. The smallest absolute Gasteiger partial charge is 0.227 e. The van der Waals surface area contributed by atoms with E-state index in [2.05, 4.69) is 21.2 Å². The first-order valence-corrected chi connectivity index (χ1v) is 8.12. The summed E-state index contributed by atoms with van der Waals surface area (Å²) in [5.74, 6) is 0.0226. The number of carbonyl (C=O) groups excluding carboxylic acids is 1. The molecule has 3 rings (SSSR count). The van der Waals surface area contributed by atoms with Crippen molar-refractivity contribution in [1.82, 2.24) is 0 Å². The number of anilines is 1. The van der Waals surface area contributed by atoms with Crippen LogP contribution in [0.4, 0.5) is 5.69 Å². The maximum Gasteiger partial charge on any atom is 0.227 e. The zero-order valence-electron chi connectivity index (χ0n) is 11.8. The van der Waals surface area contributed by atoms with Gasteiger partial charge in [-0.2, -0.15) is 0 Å². The molecule has 0 spiro atoms. The van der Waals surface area contributed by atoms with Gasteiger partial charge in [0.15, 0.2) is 0 Å². The zero-order chi connectivity index (χ0) is 14.7. The number of nitrogens with one attached hydrogen (secondary N) is 1. The lowest BCUT2D eigenvalue weighted by Crippen LogP contribution is -2.25. The number of benzene rings is 2. The van der Waals surface area contributed by atoms with Crippen molar-refractivity contribution in [2.75, 3.05) is 11.9 Å². The summed E-state index contributed by atoms with van der Waals surface area (Å²) < 4.78 is 6.66. The van der Waals surface area contributed by atoms with E-state index < -0.39 is 0 Å². The highest BCUT2D eigenvalue weighted by molar-refractivity contribution is 9.10. The van der Waals surface area contributed by atoms with Gasteiger partial charge >= 0.3 is 0 Å². The average molecular weight is 348 g/mol. The number of amides is 1. The van der Waals surface area contributed by atoms with E-state index >= 15 is 0 Å². The Labute approximate surface area is 132 Å². The lowest BCUT2D eigenvalue weighted by Gasteiger charge is -2.22. The Morgan fingerprint density at radius 1 is 1.19 bits per heavy atom. The summed E-state index contributed by atoms with van der Waals surface area (Å²) in [6, 6.07) is 11.9. The fourth-order valence-corrected chi connectivity index (χ4v) is 3.23. The monoisotopic (exact) mass is 347 g/mol. The summed E-state index contributed by atoms with van der Waals surface area (Å²) in [5.41, 5.74) is 0.856. The Morgan fingerprint density at radius 2 is 2.00 bits per heavy atom. The Hall–Kier alpha value is -1.39. The molecular formula is C17H18BrNO2. The highest BCUT2D eigenvalue weighted by atomic mass is 79.9. The highest BCUT2D eigenvalue weighted by Gasteiger charge is 2.18. The van der Waals surface area contributed by atoms with E-state index in [-0.39, 0.29) is 12.0 Å². The van der Waals surface area contributed by atoms with Crippen molar-refractivity contribution < 1.29 is 9.53 Å². The summed E-state index contributed by atoms with van der Waals surface area (Å²) in [6.07, 6.45) is 3.74. The minimum Gasteiger partial charge on any atom is -0.378 e. The number of carbonyl (C=O) groups is 1. The molecule has 4 heteroatoms. The van der Waals surface area contributed by atoms with Crippen LogP contribution in [-0.2, 0) is 9.53 Å². The first-order valence-electron chi connectivity index (χ1n) is 7.33. The predicted octanol–water partition coefficient (Wildman–Crippen LogP) is 4.50. The second-order valence-corrected chi connectivity index (χ2v) is 6.24. The van der Waals surface area contributed by atoms with Gasteiger partial charge < -0.3 is 10.1 Å². The van der Waals surface area contributed by atoms with Gasteiger partial charge in [-0.3, -0.25) is 4.79 Å². The maximum atomic E-state index is 12.2. The van der Waals surface area contributed by atoms with Crippen LogP contribution in [0, 0.1) is 0 Å². The van der Waals surface area contributed by atoms with Crippen molar-refractivity contribution in [3.05, 3.63) is 40.9 Å². The van der Waals surface area contributed by atoms with Crippen molar-refractivity contribution in [2.45, 2.75) is 31.8 Å². The number of fused-ring (bicyclic) bond motifs is 1. The Kier molecular flexibility index (Phi) is 4.56. The number of rotatable bonds is 3. The van der Waals surface area contributed by atoms with Crippen molar-refractivity contribution in [2.24, 2.45) is 0 Å². The quantitative estimate of drug-likeness (QED) is 0.887. The van der Waals surface area contributed by atoms with Gasteiger partial charge in [-0.1, -0.05) is 40.2 Å². The lowest BCUT2D eigenvalue weighted by atomic mass is 10.1. The minimum atomic E-state index is 0.0226. The Morgan fingerprint density at radius 3 is 2.76 bits per heavy atom. The summed E-state index contributed by atoms with van der Waals surface area (Å²) in [6.45, 7) is 0.777. The fraction of sp³-hybridized carbons (Fsp3) is 0.353. The van der Waals surface area contributed by atoms with Crippen molar-refractivity contribution >= 4 is 38.3 Å². The Balaban J connectivity index is 1.75. The van der Waals surface area contributed by atoms with Crippen molar-refractivity contribution in [3.63, 3.8) is 0 Å². The van der Waals surface area contributed by atoms with Gasteiger partial charge in [-0.05, 0) is 36.8 Å². The number of ether oxygens (including phenoxy) is 1. The van der Waals surface area contributed by atoms with Gasteiger partial charge in [0.05, 0.1) is 12.5 Å². The molecule has 3 nitrogen and oxygen atoms in total. The minimum absolute atomic E-state index is 0.0226. The summed E-state index contributed by atoms with van der Waals surface area (Å²) in [5, 5.41) is 5.17. The first kappa shape index (κ1) is 14.5. The first-order chi connectivity index (χ1) is 10.2. The third-order valence-electron chi connectivity index (χ3n) is 3.83. The van der Waals surface area contributed by atoms with Crippen LogP contribution in [0.2, 0.25) is 0 Å². The van der Waals surface area contributed by atoms with Crippen LogP contribution in [0.1, 0.15) is 25.7 Å². The van der Waals surface area contributed by atoms with E-state index in [1.165, 1.54) is 0 Å². The molecule has 110 valence electrons. The molecular weight excluding hydrogens is 330 g/mol. The number of hydrogen-bond acceptors (Lipinski definition) is 2. The summed E-state index contributed by atoms with van der Waals surface area (Å²) >= 11 is 3.54. The number of hydrogen-bond donors (Lipinski definition) is 1. The van der Waals surface area contributed by atoms with Crippen LogP contribution in [-0.4, -0.2) is 18.6 Å². The van der Waals surface area contributed by atoms with E-state index in [1.807, 2.05) is 36.4 Å². The summed E-state index contributed by atoms with van der Waals surface area (Å²) in [7, 11) is 0. The molecule has 1 saturated heterocycles. The molecule has 1 N–H and O–H groups in total. The molecule has 1 aliphatic rings. The van der Waals surface area contributed by atoms with Gasteiger partial charge in [0, 0.05) is 22.2 Å². The largest absolute Gasteiger partial charge is 0.378 e. The van der Waals surface area contributed by atoms with Gasteiger partial charge in [0.25, 0.3) is 0 Å². The Bertz CT molecular complexity index is 650. The molecule has 2 aromatic carbocycles. The molecule has 21 heavy (non-hydrogen) atoms. The molecule has 1 atom stereocenters. The lowest BCUT2D eigenvalue weighted by molar-refractivity contribution is -0.119. The van der Waals surface area contributed by atoms with Crippen molar-refractivity contribution in [3.8, 4) is 0 Å². The molecule has 0 radical (unpaired) electrons. The summed E-state index contributed by atoms with van der Waals surface area (Å²) in [4.78, 5) is 12.2. The zero-order valence-corrected chi connectivity index (χ0v) is 13.4. The van der Waals surface area contributed by atoms with Gasteiger partial charge in [0.2, 0.25) is 5.91 Å². The molecule has 0 aliphatic carbocycles. The van der Waals surface area contributed by atoms with E-state index in [9.17, 15) is 4.79 Å². The standard InChI is InChI=1S/C17H18BrNO2/c18-15-8-9-16(14-7-2-1-6-13(14)15)19-17(20)11-12-5-3-4-10-21-12/h1-2,6-9,12H,3-5,10-11H2,(H,19,20). The van der Waals surface area contributed by atoms with E-state index in [0.717, 1.165) is 46.8 Å². The van der Waals surface area contributed by atoms with Crippen molar-refractivity contribution in [1.29, 1.82) is 0 Å².